The van der Waals surface area contributed by atoms with Gasteiger partial charge in [-0.25, -0.2) is 0 Å². The molecule has 59 heavy (non-hydrogen) atoms. The van der Waals surface area contributed by atoms with Crippen molar-refractivity contribution in [2.75, 3.05) is 47.5 Å². The van der Waals surface area contributed by atoms with E-state index >= 15 is 0 Å². The van der Waals surface area contributed by atoms with Gasteiger partial charge in [-0.3, -0.25) is 9.36 Å². The number of nitrogens with zero attached hydrogens (tertiary/aromatic N) is 1. The minimum atomic E-state index is -4.61. The number of phosphoric ester groups is 1. The van der Waals surface area contributed by atoms with E-state index < -0.39 is 38.7 Å². The van der Waals surface area contributed by atoms with Gasteiger partial charge in [0.15, 0.2) is 6.10 Å². The highest BCUT2D eigenvalue weighted by molar-refractivity contribution is 7.45. The molecule has 0 aliphatic rings. The van der Waals surface area contributed by atoms with Crippen LogP contribution in [0.1, 0.15) is 136 Å². The number of aliphatic hydroxyl groups is 2. The van der Waals surface area contributed by atoms with Gasteiger partial charge < -0.3 is 38.1 Å². The van der Waals surface area contributed by atoms with Crippen molar-refractivity contribution in [2.45, 2.75) is 154 Å². The number of rotatable bonds is 39. The zero-order chi connectivity index (χ0) is 43.7. The fourth-order valence-corrected chi connectivity index (χ4v) is 6.09. The molecule has 1 unspecified atom stereocenters. The number of aliphatic hydroxyl groups excluding tert-OH is 2. The van der Waals surface area contributed by atoms with Gasteiger partial charge in [-0.05, 0) is 76.7 Å². The van der Waals surface area contributed by atoms with E-state index in [2.05, 4.69) is 26.0 Å². The summed E-state index contributed by atoms with van der Waals surface area (Å²) in [5.41, 5.74) is 0. The van der Waals surface area contributed by atoms with Crippen molar-refractivity contribution in [1.29, 1.82) is 0 Å². The first-order chi connectivity index (χ1) is 28.4. The number of unbranched alkanes of at least 4 members (excludes halogenated alkanes) is 12. The van der Waals surface area contributed by atoms with Crippen LogP contribution < -0.4 is 4.89 Å². The summed E-state index contributed by atoms with van der Waals surface area (Å²) in [6.07, 6.45) is 47.3. The first-order valence-electron chi connectivity index (χ1n) is 22.2. The Balaban J connectivity index is 4.59. The van der Waals surface area contributed by atoms with Crippen molar-refractivity contribution >= 4 is 13.8 Å². The summed E-state index contributed by atoms with van der Waals surface area (Å²) in [6.45, 7) is 4.27. The van der Waals surface area contributed by atoms with Crippen LogP contribution in [0.25, 0.3) is 0 Å². The average Bonchev–Trinajstić information content (AvgIpc) is 3.18. The van der Waals surface area contributed by atoms with Gasteiger partial charge in [0.05, 0.1) is 46.2 Å². The quantitative estimate of drug-likeness (QED) is 0.0118. The molecule has 0 saturated heterocycles. The lowest BCUT2D eigenvalue weighted by Gasteiger charge is -2.28. The third-order valence-electron chi connectivity index (χ3n) is 8.86. The standard InChI is InChI=1S/C48H82NO9P/c1-6-8-10-11-12-13-14-15-16-17-18-19-20-24-27-34-41-55-43-47(44-57-59(53,54)56-42-40-49(3,4)5)58-48(52)39-33-28-32-38-46(51)37-31-26-23-21-22-25-30-36-45(50)35-29-9-7-2/h9,15-16,22-23,25-26,29-32,34,36-38,41,45-47,50-51H,6-8,10-14,17-21,24,27-28,33,35,39-40,42-44H2,1-5H3/b16-15-,25-22-,26-23-,29-9-,36-30+,37-31+,38-32-,41-34+/t45-,46-,47+/m0/s1. The number of hydrogen-bond acceptors (Lipinski definition) is 9. The van der Waals surface area contributed by atoms with Crippen LogP contribution in [0.3, 0.4) is 0 Å². The Morgan fingerprint density at radius 2 is 1.29 bits per heavy atom. The molecule has 0 aliphatic heterocycles. The van der Waals surface area contributed by atoms with Gasteiger partial charge in [-0.15, -0.1) is 0 Å². The molecule has 338 valence electrons. The van der Waals surface area contributed by atoms with E-state index in [0.717, 1.165) is 38.5 Å². The van der Waals surface area contributed by atoms with Crippen molar-refractivity contribution < 1.29 is 47.5 Å². The molecule has 0 spiro atoms. The summed E-state index contributed by atoms with van der Waals surface area (Å²) in [5, 5.41) is 20.0. The molecule has 0 amide bonds. The van der Waals surface area contributed by atoms with Gasteiger partial charge in [-0.1, -0.05) is 144 Å². The number of hydrogen-bond donors (Lipinski definition) is 2. The van der Waals surface area contributed by atoms with Crippen molar-refractivity contribution in [1.82, 2.24) is 0 Å². The van der Waals surface area contributed by atoms with Gasteiger partial charge >= 0.3 is 5.97 Å². The fraction of sp³-hybridized carbons (Fsp3) is 0.646. The summed E-state index contributed by atoms with van der Waals surface area (Å²) < 4.78 is 34.1. The lowest BCUT2D eigenvalue weighted by atomic mass is 10.1. The minimum absolute atomic E-state index is 0.0285. The number of likely N-dealkylation sites (N-methyl/N-ethyl adjacent to an activating group) is 1. The maximum absolute atomic E-state index is 12.7. The number of phosphoric acid groups is 1. The second-order valence-corrected chi connectivity index (χ2v) is 17.2. The Labute approximate surface area is 359 Å². The second-order valence-electron chi connectivity index (χ2n) is 15.8. The molecule has 0 saturated carbocycles. The Hall–Kier alpha value is -2.82. The number of allylic oxidation sites excluding steroid dienone is 11. The first kappa shape index (κ1) is 56.2. The van der Waals surface area contributed by atoms with Crippen LogP contribution in [-0.4, -0.2) is 86.5 Å². The highest BCUT2D eigenvalue weighted by Crippen LogP contribution is 2.38. The van der Waals surface area contributed by atoms with E-state index in [1.54, 1.807) is 36.6 Å². The molecule has 0 radical (unpaired) electrons. The maximum Gasteiger partial charge on any atom is 0.306 e. The van der Waals surface area contributed by atoms with Gasteiger partial charge in [0.1, 0.15) is 19.8 Å². The zero-order valence-corrected chi connectivity index (χ0v) is 38.3. The second kappa shape index (κ2) is 39.3. The third kappa shape index (κ3) is 43.1. The summed E-state index contributed by atoms with van der Waals surface area (Å²) >= 11 is 0. The number of ether oxygens (including phenoxy) is 2. The predicted molar refractivity (Wildman–Crippen MR) is 242 cm³/mol. The number of esters is 1. The summed E-state index contributed by atoms with van der Waals surface area (Å²) in [7, 11) is 1.17. The van der Waals surface area contributed by atoms with E-state index in [4.69, 9.17) is 18.5 Å². The van der Waals surface area contributed by atoms with Crippen LogP contribution in [0, 0.1) is 0 Å². The van der Waals surface area contributed by atoms with Crippen LogP contribution in [0.15, 0.2) is 97.4 Å². The summed E-state index contributed by atoms with van der Waals surface area (Å²) in [6, 6.07) is 0. The van der Waals surface area contributed by atoms with Crippen LogP contribution in [-0.2, 0) is 27.9 Å². The van der Waals surface area contributed by atoms with Crippen molar-refractivity contribution in [3.63, 3.8) is 0 Å². The fourth-order valence-electron chi connectivity index (χ4n) is 5.36. The molecule has 0 aromatic rings. The summed E-state index contributed by atoms with van der Waals surface area (Å²) in [4.78, 5) is 25.0. The average molecular weight is 848 g/mol. The molecule has 0 aromatic carbocycles. The zero-order valence-electron chi connectivity index (χ0n) is 37.4. The van der Waals surface area contributed by atoms with E-state index in [9.17, 15) is 24.5 Å². The third-order valence-corrected chi connectivity index (χ3v) is 9.82. The highest BCUT2D eigenvalue weighted by Gasteiger charge is 2.20. The molecule has 0 aliphatic carbocycles. The molecule has 0 heterocycles. The topological polar surface area (TPSA) is 135 Å². The maximum atomic E-state index is 12.7. The van der Waals surface area contributed by atoms with E-state index in [1.165, 1.54) is 57.8 Å². The Morgan fingerprint density at radius 1 is 0.678 bits per heavy atom. The molecular formula is C48H82NO9P. The van der Waals surface area contributed by atoms with E-state index in [1.807, 2.05) is 69.8 Å². The molecule has 11 heteroatoms. The number of carbonyl (C=O) groups excluding carboxylic acids is 1. The van der Waals surface area contributed by atoms with Gasteiger partial charge in [0.2, 0.25) is 0 Å². The largest absolute Gasteiger partial charge is 0.756 e. The molecule has 4 atom stereocenters. The summed E-state index contributed by atoms with van der Waals surface area (Å²) in [5.74, 6) is -0.501. The molecule has 0 aromatic heterocycles. The highest BCUT2D eigenvalue weighted by atomic mass is 31.2. The smallest absolute Gasteiger partial charge is 0.306 e. The minimum Gasteiger partial charge on any atom is -0.756 e. The van der Waals surface area contributed by atoms with Crippen LogP contribution >= 0.6 is 7.82 Å². The number of carbonyl (C=O) groups is 1. The molecule has 2 N–H and O–H groups in total. The van der Waals surface area contributed by atoms with Crippen molar-refractivity contribution in [2.24, 2.45) is 0 Å². The predicted octanol–water partition coefficient (Wildman–Crippen LogP) is 10.7. The molecule has 0 bridgehead atoms. The van der Waals surface area contributed by atoms with Gasteiger partial charge in [0.25, 0.3) is 7.82 Å². The lowest BCUT2D eigenvalue weighted by Crippen LogP contribution is -2.37. The van der Waals surface area contributed by atoms with E-state index in [-0.39, 0.29) is 19.6 Å². The van der Waals surface area contributed by atoms with Crippen LogP contribution in [0.4, 0.5) is 0 Å². The number of quaternary nitrogens is 1. The van der Waals surface area contributed by atoms with Gasteiger partial charge in [-0.2, -0.15) is 0 Å². The normalized spacial score (nSPS) is 15.7. The molecular weight excluding hydrogens is 766 g/mol. The van der Waals surface area contributed by atoms with Crippen molar-refractivity contribution in [3.8, 4) is 0 Å². The van der Waals surface area contributed by atoms with Crippen molar-refractivity contribution in [3.05, 3.63) is 97.4 Å². The van der Waals surface area contributed by atoms with Crippen LogP contribution in [0.5, 0.6) is 0 Å². The molecule has 0 rings (SSSR count). The Bertz CT molecular complexity index is 1300. The SMILES string of the molecule is CC/C=C\C[C@H](O)/C=C/C=C\C/C=C\C=C\[C@H](O)/C=C\CCCC(=O)O[C@H](CO/C=C/CCCCCC/C=C\CCCCCCCC)COP(=O)([O-])OCC[N+](C)(C)C. The Kier molecular flexibility index (Phi) is 37.4. The Morgan fingerprint density at radius 3 is 1.93 bits per heavy atom. The molecule has 10 nitrogen and oxygen atoms in total. The van der Waals surface area contributed by atoms with Crippen LogP contribution in [0.2, 0.25) is 0 Å². The monoisotopic (exact) mass is 848 g/mol. The molecule has 0 fully saturated rings. The van der Waals surface area contributed by atoms with E-state index in [0.29, 0.717) is 30.3 Å². The first-order valence-corrected chi connectivity index (χ1v) is 23.7. The lowest BCUT2D eigenvalue weighted by molar-refractivity contribution is -0.870. The van der Waals surface area contributed by atoms with Gasteiger partial charge in [0, 0.05) is 6.42 Å².